The third-order valence-corrected chi connectivity index (χ3v) is 7.00. The van der Waals surface area contributed by atoms with Crippen molar-refractivity contribution in [2.75, 3.05) is 19.6 Å². The summed E-state index contributed by atoms with van der Waals surface area (Å²) in [6.07, 6.45) is 4.71. The number of aliphatic imine (C=N–C) groups is 1. The first-order chi connectivity index (χ1) is 14.2. The number of nitrogens with zero attached hydrogens (tertiary/aromatic N) is 2. The Hall–Kier alpha value is -2.11. The van der Waals surface area contributed by atoms with E-state index < -0.39 is 0 Å². The Labute approximate surface area is 177 Å². The van der Waals surface area contributed by atoms with E-state index in [1.807, 2.05) is 18.2 Å². The molecule has 4 nitrogen and oxygen atoms in total. The zero-order valence-electron chi connectivity index (χ0n) is 17.3. The summed E-state index contributed by atoms with van der Waals surface area (Å²) >= 11 is 1.73. The zero-order valence-corrected chi connectivity index (χ0v) is 18.1. The monoisotopic (exact) mass is 407 g/mol. The molecule has 29 heavy (non-hydrogen) atoms. The van der Waals surface area contributed by atoms with Gasteiger partial charge in [0.15, 0.2) is 0 Å². The lowest BCUT2D eigenvalue weighted by atomic mass is 10.0. The van der Waals surface area contributed by atoms with Crippen molar-refractivity contribution < 1.29 is 4.79 Å². The molecule has 0 bridgehead atoms. The van der Waals surface area contributed by atoms with Crippen LogP contribution in [0.4, 0.5) is 5.69 Å². The van der Waals surface area contributed by atoms with Crippen molar-refractivity contribution in [3.63, 3.8) is 0 Å². The quantitative estimate of drug-likeness (QED) is 0.733. The predicted molar refractivity (Wildman–Crippen MR) is 121 cm³/mol. The smallest absolute Gasteiger partial charge is 0.251 e. The summed E-state index contributed by atoms with van der Waals surface area (Å²) in [6.45, 7) is 7.16. The van der Waals surface area contributed by atoms with Gasteiger partial charge in [0.2, 0.25) is 0 Å². The first kappa shape index (κ1) is 20.2. The standard InChI is InChI=1S/C24H29N3OS/c1-3-20-19-9-4-5-10-22(19)29-23-12-11-18(16-21(23)26-20)24(28)25-13-15-27-14-7-6-8-17(27)2/h4-5,9-12,16-17H,3,6-8,13-15H2,1-2H3,(H,25,28)/t17-/m1/s1. The maximum absolute atomic E-state index is 12.7. The summed E-state index contributed by atoms with van der Waals surface area (Å²) in [5.74, 6) is -0.0162. The number of rotatable bonds is 5. The van der Waals surface area contributed by atoms with E-state index in [-0.39, 0.29) is 5.91 Å². The number of fused-ring (bicyclic) bond motifs is 2. The molecule has 2 aliphatic heterocycles. The first-order valence-corrected chi connectivity index (χ1v) is 11.5. The Morgan fingerprint density at radius 1 is 1.21 bits per heavy atom. The largest absolute Gasteiger partial charge is 0.351 e. The van der Waals surface area contributed by atoms with Crippen molar-refractivity contribution in [2.24, 2.45) is 4.99 Å². The van der Waals surface area contributed by atoms with E-state index in [2.05, 4.69) is 48.3 Å². The lowest BCUT2D eigenvalue weighted by Gasteiger charge is -2.33. The Morgan fingerprint density at radius 3 is 2.90 bits per heavy atom. The number of hydrogen-bond acceptors (Lipinski definition) is 4. The maximum atomic E-state index is 12.7. The van der Waals surface area contributed by atoms with Gasteiger partial charge in [-0.1, -0.05) is 43.3 Å². The normalized spacial score (nSPS) is 19.0. The van der Waals surface area contributed by atoms with Crippen molar-refractivity contribution >= 4 is 29.1 Å². The van der Waals surface area contributed by atoms with Crippen molar-refractivity contribution in [2.45, 2.75) is 55.4 Å². The molecule has 0 aromatic heterocycles. The SMILES string of the molecule is CCC1=Nc2cc(C(=O)NCCN3CCCC[C@H]3C)ccc2Sc2ccccc21. The molecule has 0 radical (unpaired) electrons. The van der Waals surface area contributed by atoms with Crippen LogP contribution < -0.4 is 5.32 Å². The Morgan fingerprint density at radius 2 is 2.07 bits per heavy atom. The highest BCUT2D eigenvalue weighted by atomic mass is 32.2. The number of carbonyl (C=O) groups is 1. The molecule has 1 N–H and O–H groups in total. The van der Waals surface area contributed by atoms with Gasteiger partial charge in [0.05, 0.1) is 5.69 Å². The van der Waals surface area contributed by atoms with E-state index >= 15 is 0 Å². The highest BCUT2D eigenvalue weighted by molar-refractivity contribution is 7.99. The van der Waals surface area contributed by atoms with Crippen LogP contribution in [-0.4, -0.2) is 42.2 Å². The summed E-state index contributed by atoms with van der Waals surface area (Å²) < 4.78 is 0. The summed E-state index contributed by atoms with van der Waals surface area (Å²) in [4.78, 5) is 22.4. The van der Waals surface area contributed by atoms with Gasteiger partial charge in [0.25, 0.3) is 5.91 Å². The number of carbonyl (C=O) groups excluding carboxylic acids is 1. The molecule has 1 atom stereocenters. The number of likely N-dealkylation sites (tertiary alicyclic amines) is 1. The molecule has 2 aliphatic rings. The average Bonchev–Trinajstić information content (AvgIpc) is 2.90. The van der Waals surface area contributed by atoms with Crippen molar-refractivity contribution in [1.82, 2.24) is 10.2 Å². The van der Waals surface area contributed by atoms with Gasteiger partial charge < -0.3 is 5.32 Å². The molecular formula is C24H29N3OS. The third kappa shape index (κ3) is 4.57. The lowest BCUT2D eigenvalue weighted by molar-refractivity contribution is 0.0938. The van der Waals surface area contributed by atoms with E-state index in [1.54, 1.807) is 11.8 Å². The topological polar surface area (TPSA) is 44.7 Å². The summed E-state index contributed by atoms with van der Waals surface area (Å²) in [5, 5.41) is 3.10. The van der Waals surface area contributed by atoms with Crippen molar-refractivity contribution in [1.29, 1.82) is 0 Å². The molecule has 0 saturated carbocycles. The van der Waals surface area contributed by atoms with Crippen molar-refractivity contribution in [3.05, 3.63) is 53.6 Å². The van der Waals surface area contributed by atoms with E-state index in [1.165, 1.54) is 29.7 Å². The van der Waals surface area contributed by atoms with Crippen LogP contribution in [0.2, 0.25) is 0 Å². The summed E-state index contributed by atoms with van der Waals surface area (Å²) in [5.41, 5.74) is 3.84. The van der Waals surface area contributed by atoms with Crippen LogP contribution in [-0.2, 0) is 0 Å². The van der Waals surface area contributed by atoms with Crippen LogP contribution in [0.5, 0.6) is 0 Å². The number of piperidine rings is 1. The molecule has 5 heteroatoms. The van der Waals surface area contributed by atoms with E-state index in [4.69, 9.17) is 4.99 Å². The van der Waals surface area contributed by atoms with Crippen LogP contribution in [0.1, 0.15) is 55.5 Å². The fourth-order valence-corrected chi connectivity index (χ4v) is 5.15. The number of hydrogen-bond donors (Lipinski definition) is 1. The van der Waals surface area contributed by atoms with Gasteiger partial charge in [-0.25, -0.2) is 0 Å². The van der Waals surface area contributed by atoms with Gasteiger partial charge in [-0.3, -0.25) is 14.7 Å². The van der Waals surface area contributed by atoms with Gasteiger partial charge >= 0.3 is 0 Å². The minimum absolute atomic E-state index is 0.0162. The molecule has 2 aromatic rings. The second kappa shape index (κ2) is 9.14. The van der Waals surface area contributed by atoms with E-state index in [9.17, 15) is 4.79 Å². The third-order valence-electron chi connectivity index (χ3n) is 5.85. The van der Waals surface area contributed by atoms with Crippen LogP contribution in [0.15, 0.2) is 57.2 Å². The molecule has 1 amide bonds. The number of nitrogens with one attached hydrogen (secondary N) is 1. The average molecular weight is 408 g/mol. The lowest BCUT2D eigenvalue weighted by Crippen LogP contribution is -2.42. The fraction of sp³-hybridized carbons (Fsp3) is 0.417. The number of benzene rings is 2. The fourth-order valence-electron chi connectivity index (χ4n) is 4.12. The Bertz CT molecular complexity index is 924. The highest BCUT2D eigenvalue weighted by Gasteiger charge is 2.19. The predicted octanol–water partition coefficient (Wildman–Crippen LogP) is 5.29. The minimum Gasteiger partial charge on any atom is -0.351 e. The highest BCUT2D eigenvalue weighted by Crippen LogP contribution is 2.41. The molecule has 1 fully saturated rings. The molecule has 2 aromatic carbocycles. The molecular weight excluding hydrogens is 378 g/mol. The molecule has 0 spiro atoms. The van der Waals surface area contributed by atoms with Gasteiger partial charge in [0.1, 0.15) is 0 Å². The zero-order chi connectivity index (χ0) is 20.2. The summed E-state index contributed by atoms with van der Waals surface area (Å²) in [7, 11) is 0. The number of amides is 1. The van der Waals surface area contributed by atoms with Gasteiger partial charge in [-0.2, -0.15) is 0 Å². The Balaban J connectivity index is 1.47. The summed E-state index contributed by atoms with van der Waals surface area (Å²) in [6, 6.07) is 14.9. The van der Waals surface area contributed by atoms with Crippen LogP contribution in [0.3, 0.4) is 0 Å². The second-order valence-electron chi connectivity index (χ2n) is 7.83. The van der Waals surface area contributed by atoms with Crippen molar-refractivity contribution in [3.8, 4) is 0 Å². The molecule has 0 unspecified atom stereocenters. The van der Waals surface area contributed by atoms with Gasteiger partial charge in [0, 0.05) is 45.8 Å². The molecule has 2 heterocycles. The van der Waals surface area contributed by atoms with Crippen LogP contribution in [0.25, 0.3) is 0 Å². The van der Waals surface area contributed by atoms with E-state index in [0.717, 1.165) is 35.8 Å². The molecule has 1 saturated heterocycles. The van der Waals surface area contributed by atoms with Crippen LogP contribution in [0, 0.1) is 0 Å². The van der Waals surface area contributed by atoms with E-state index in [0.29, 0.717) is 18.2 Å². The van der Waals surface area contributed by atoms with Crippen LogP contribution >= 0.6 is 11.8 Å². The first-order valence-electron chi connectivity index (χ1n) is 10.7. The molecule has 152 valence electrons. The second-order valence-corrected chi connectivity index (χ2v) is 8.91. The van der Waals surface area contributed by atoms with Gasteiger partial charge in [-0.15, -0.1) is 0 Å². The Kier molecular flexibility index (Phi) is 6.36. The maximum Gasteiger partial charge on any atom is 0.251 e. The molecule has 4 rings (SSSR count). The minimum atomic E-state index is -0.0162. The van der Waals surface area contributed by atoms with Gasteiger partial charge in [-0.05, 0) is 57.0 Å². The molecule has 0 aliphatic carbocycles.